The summed E-state index contributed by atoms with van der Waals surface area (Å²) in [5.74, 6) is -1.82. The molecule has 5 rings (SSSR count). The van der Waals surface area contributed by atoms with Gasteiger partial charge in [0.2, 0.25) is 5.91 Å². The van der Waals surface area contributed by atoms with Gasteiger partial charge in [0.15, 0.2) is 17.5 Å². The lowest BCUT2D eigenvalue weighted by atomic mass is 10.1. The molecule has 0 saturated heterocycles. The minimum atomic E-state index is -5.21. The Morgan fingerprint density at radius 3 is 2.31 bits per heavy atom. The summed E-state index contributed by atoms with van der Waals surface area (Å²) < 4.78 is 85.0. The average Bonchev–Trinajstić information content (AvgIpc) is 3.55. The van der Waals surface area contributed by atoms with Gasteiger partial charge >= 0.3 is 18.0 Å². The zero-order chi connectivity index (χ0) is 30.4. The molecular formula is C24H18Cl2F6N8O2. The molecule has 222 valence electrons. The highest BCUT2D eigenvalue weighted by atomic mass is 35.5. The standard InChI is InChI=1S/C24H18Cl2F6N8O2/c25-14-5-3-13(4-6-14)18-37-39(11-17-34-12-40(36-17)19-15(26)2-1-9-33-19)21(42)38(18)10-16(23(27,28)29)35-20(41)22(7-8-22)24(30,31)32/h1-6,9,12,16H,7-8,10-11H2,(H,35,41). The van der Waals surface area contributed by atoms with Crippen molar-refractivity contribution in [1.29, 1.82) is 0 Å². The number of hydrogen-bond acceptors (Lipinski definition) is 6. The number of rotatable bonds is 8. The van der Waals surface area contributed by atoms with Crippen LogP contribution >= 0.6 is 23.2 Å². The Morgan fingerprint density at radius 1 is 1.02 bits per heavy atom. The summed E-state index contributed by atoms with van der Waals surface area (Å²) in [6, 6.07) is 5.93. The van der Waals surface area contributed by atoms with Gasteiger partial charge in [0, 0.05) is 16.8 Å². The summed E-state index contributed by atoms with van der Waals surface area (Å²) in [6.45, 7) is -1.66. The molecule has 0 aliphatic heterocycles. The van der Waals surface area contributed by atoms with E-state index in [2.05, 4.69) is 20.2 Å². The van der Waals surface area contributed by atoms with E-state index in [1.54, 1.807) is 12.1 Å². The van der Waals surface area contributed by atoms with Crippen LogP contribution in [0.3, 0.4) is 0 Å². The van der Waals surface area contributed by atoms with Crippen LogP contribution in [0.1, 0.15) is 18.7 Å². The van der Waals surface area contributed by atoms with Crippen LogP contribution in [0.4, 0.5) is 26.3 Å². The summed E-state index contributed by atoms with van der Waals surface area (Å²) >= 11 is 12.0. The van der Waals surface area contributed by atoms with Crippen molar-refractivity contribution in [3.05, 3.63) is 75.3 Å². The van der Waals surface area contributed by atoms with E-state index in [1.807, 2.05) is 0 Å². The van der Waals surface area contributed by atoms with Crippen LogP contribution in [-0.4, -0.2) is 58.4 Å². The second kappa shape index (κ2) is 10.7. The Balaban J connectivity index is 1.50. The largest absolute Gasteiger partial charge is 0.410 e. The number of nitrogens with zero attached hydrogens (tertiary/aromatic N) is 7. The fraction of sp³-hybridized carbons (Fsp3) is 0.333. The van der Waals surface area contributed by atoms with E-state index in [9.17, 15) is 35.9 Å². The number of amides is 1. The Hall–Kier alpha value is -3.92. The Bertz CT molecular complexity index is 1680. The first-order valence-electron chi connectivity index (χ1n) is 12.1. The van der Waals surface area contributed by atoms with Gasteiger partial charge in [-0.3, -0.25) is 9.36 Å². The lowest BCUT2D eigenvalue weighted by Gasteiger charge is -2.26. The van der Waals surface area contributed by atoms with Crippen molar-refractivity contribution in [3.63, 3.8) is 0 Å². The summed E-state index contributed by atoms with van der Waals surface area (Å²) in [6.07, 6.45) is -8.79. The van der Waals surface area contributed by atoms with Crippen LogP contribution in [0.2, 0.25) is 10.0 Å². The Labute approximate surface area is 241 Å². The van der Waals surface area contributed by atoms with E-state index in [4.69, 9.17) is 23.2 Å². The summed E-state index contributed by atoms with van der Waals surface area (Å²) in [7, 11) is 0. The highest BCUT2D eigenvalue weighted by Gasteiger charge is 2.69. The Kier molecular flexibility index (Phi) is 7.55. The molecule has 10 nitrogen and oxygen atoms in total. The second-order valence-corrected chi connectivity index (χ2v) is 10.3. The van der Waals surface area contributed by atoms with Gasteiger partial charge in [-0.2, -0.15) is 26.3 Å². The summed E-state index contributed by atoms with van der Waals surface area (Å²) in [5.41, 5.74) is -3.78. The van der Waals surface area contributed by atoms with Crippen molar-refractivity contribution < 1.29 is 31.1 Å². The zero-order valence-electron chi connectivity index (χ0n) is 21.0. The molecule has 1 aliphatic carbocycles. The second-order valence-electron chi connectivity index (χ2n) is 9.44. The number of nitrogens with one attached hydrogen (secondary N) is 1. The molecule has 1 aliphatic rings. The molecule has 42 heavy (non-hydrogen) atoms. The van der Waals surface area contributed by atoms with Gasteiger partial charge in [0.25, 0.3) is 0 Å². The van der Waals surface area contributed by atoms with Gasteiger partial charge < -0.3 is 5.32 Å². The molecular weight excluding hydrogens is 617 g/mol. The number of halogens is 8. The first-order chi connectivity index (χ1) is 19.7. The van der Waals surface area contributed by atoms with Crippen molar-refractivity contribution in [3.8, 4) is 17.2 Å². The average molecular weight is 635 g/mol. The van der Waals surface area contributed by atoms with Crippen LogP contribution in [0.25, 0.3) is 17.2 Å². The van der Waals surface area contributed by atoms with Crippen LogP contribution in [0.5, 0.6) is 0 Å². The van der Waals surface area contributed by atoms with Crippen molar-refractivity contribution >= 4 is 29.1 Å². The topological polar surface area (TPSA) is 113 Å². The molecule has 0 bridgehead atoms. The molecule has 3 aromatic heterocycles. The fourth-order valence-corrected chi connectivity index (χ4v) is 4.48. The molecule has 1 atom stereocenters. The molecule has 1 aromatic carbocycles. The molecule has 18 heteroatoms. The molecule has 0 spiro atoms. The number of hydrogen-bond donors (Lipinski definition) is 1. The van der Waals surface area contributed by atoms with Gasteiger partial charge in [-0.15, -0.1) is 10.2 Å². The van der Waals surface area contributed by atoms with Gasteiger partial charge in [0.05, 0.1) is 11.6 Å². The number of alkyl halides is 6. The van der Waals surface area contributed by atoms with Gasteiger partial charge in [-0.05, 0) is 49.2 Å². The molecule has 1 N–H and O–H groups in total. The van der Waals surface area contributed by atoms with E-state index in [1.165, 1.54) is 46.8 Å². The molecule has 1 unspecified atom stereocenters. The third kappa shape index (κ3) is 5.72. The molecule has 0 radical (unpaired) electrons. The highest BCUT2D eigenvalue weighted by molar-refractivity contribution is 6.32. The SMILES string of the molecule is O=C(NC(Cn1c(-c2ccc(Cl)cc2)nn(Cc2ncn(-c3ncccc3Cl)n2)c1=O)C(F)(F)F)C1(C(F)(F)F)CC1. The number of pyridine rings is 1. The fourth-order valence-electron chi connectivity index (χ4n) is 4.15. The number of aromatic nitrogens is 7. The van der Waals surface area contributed by atoms with Gasteiger partial charge in [-0.1, -0.05) is 23.2 Å². The first-order valence-corrected chi connectivity index (χ1v) is 12.8. The smallest absolute Gasteiger partial charge is 0.342 e. The van der Waals surface area contributed by atoms with Gasteiger partial charge in [-0.25, -0.2) is 24.1 Å². The monoisotopic (exact) mass is 634 g/mol. The Morgan fingerprint density at radius 2 is 1.71 bits per heavy atom. The molecule has 1 fully saturated rings. The number of carbonyl (C=O) groups excluding carboxylic acids is 1. The minimum absolute atomic E-state index is 0.0210. The molecule has 1 saturated carbocycles. The van der Waals surface area contributed by atoms with E-state index < -0.39 is 61.3 Å². The van der Waals surface area contributed by atoms with Crippen molar-refractivity contribution in [2.24, 2.45) is 5.41 Å². The van der Waals surface area contributed by atoms with Crippen LogP contribution in [-0.2, 0) is 17.9 Å². The van der Waals surface area contributed by atoms with Gasteiger partial charge in [0.1, 0.15) is 24.3 Å². The predicted molar refractivity (Wildman–Crippen MR) is 136 cm³/mol. The lowest BCUT2D eigenvalue weighted by Crippen LogP contribution is -2.53. The van der Waals surface area contributed by atoms with E-state index in [0.717, 1.165) is 4.68 Å². The maximum absolute atomic E-state index is 14.0. The lowest BCUT2D eigenvalue weighted by molar-refractivity contribution is -0.198. The number of carbonyl (C=O) groups is 1. The van der Waals surface area contributed by atoms with Crippen LogP contribution in [0, 0.1) is 5.41 Å². The summed E-state index contributed by atoms with van der Waals surface area (Å²) in [4.78, 5) is 33.9. The third-order valence-electron chi connectivity index (χ3n) is 6.60. The summed E-state index contributed by atoms with van der Waals surface area (Å²) in [5, 5.41) is 10.3. The van der Waals surface area contributed by atoms with Crippen molar-refractivity contribution in [1.82, 2.24) is 39.4 Å². The third-order valence-corrected chi connectivity index (χ3v) is 7.15. The molecule has 4 aromatic rings. The maximum atomic E-state index is 14.0. The van der Waals surface area contributed by atoms with Crippen molar-refractivity contribution in [2.45, 2.75) is 44.3 Å². The zero-order valence-corrected chi connectivity index (χ0v) is 22.5. The van der Waals surface area contributed by atoms with E-state index in [-0.39, 0.29) is 33.1 Å². The van der Waals surface area contributed by atoms with E-state index >= 15 is 0 Å². The van der Waals surface area contributed by atoms with Crippen LogP contribution < -0.4 is 11.0 Å². The molecule has 3 heterocycles. The highest BCUT2D eigenvalue weighted by Crippen LogP contribution is 2.57. The maximum Gasteiger partial charge on any atom is 0.410 e. The molecule has 1 amide bonds. The minimum Gasteiger partial charge on any atom is -0.342 e. The van der Waals surface area contributed by atoms with Crippen LogP contribution in [0.15, 0.2) is 53.7 Å². The predicted octanol–water partition coefficient (Wildman–Crippen LogP) is 4.43. The van der Waals surface area contributed by atoms with E-state index in [0.29, 0.717) is 4.57 Å². The number of benzene rings is 1. The first kappa shape index (κ1) is 29.6. The normalized spacial score (nSPS) is 15.4. The quantitative estimate of drug-likeness (QED) is 0.287. The van der Waals surface area contributed by atoms with Crippen molar-refractivity contribution in [2.75, 3.05) is 0 Å².